The third-order valence-corrected chi connectivity index (χ3v) is 5.03. The first-order valence-corrected chi connectivity index (χ1v) is 10.4. The lowest BCUT2D eigenvalue weighted by Gasteiger charge is -2.24. The zero-order valence-corrected chi connectivity index (χ0v) is 18.4. The summed E-state index contributed by atoms with van der Waals surface area (Å²) in [5.41, 5.74) is 12.2. The van der Waals surface area contributed by atoms with Gasteiger partial charge in [-0.25, -0.2) is 0 Å². The van der Waals surface area contributed by atoms with Crippen molar-refractivity contribution in [2.24, 2.45) is 11.5 Å². The van der Waals surface area contributed by atoms with E-state index in [-0.39, 0.29) is 6.42 Å². The number of carboxylic acids is 1. The van der Waals surface area contributed by atoms with E-state index in [1.807, 2.05) is 18.2 Å². The van der Waals surface area contributed by atoms with E-state index in [1.54, 1.807) is 12.3 Å². The minimum atomic E-state index is -1.49. The highest BCUT2D eigenvalue weighted by Gasteiger charge is 2.30. The Hall–Kier alpha value is -3.97. The molecule has 2 rings (SSSR count). The molecule has 4 atom stereocenters. The summed E-state index contributed by atoms with van der Waals surface area (Å²) in [6, 6.07) is 1.94. The molecule has 4 unspecified atom stereocenters. The van der Waals surface area contributed by atoms with E-state index >= 15 is 0 Å². The molecule has 0 spiro atoms. The zero-order chi connectivity index (χ0) is 25.4. The Morgan fingerprint density at radius 3 is 2.24 bits per heavy atom. The number of para-hydroxylation sites is 1. The third-order valence-electron chi connectivity index (χ3n) is 5.03. The Bertz CT molecular complexity index is 1070. The summed E-state index contributed by atoms with van der Waals surface area (Å²) in [5, 5.41) is 25.9. The number of aromatic amines is 1. The Labute approximate surface area is 194 Å². The van der Waals surface area contributed by atoms with Gasteiger partial charge in [-0.3, -0.25) is 24.0 Å². The number of aliphatic hydroxyl groups excluding tert-OH is 1. The molecule has 0 saturated carbocycles. The van der Waals surface area contributed by atoms with E-state index in [0.29, 0.717) is 5.56 Å². The van der Waals surface area contributed by atoms with Gasteiger partial charge in [-0.15, -0.1) is 0 Å². The Balaban J connectivity index is 2.28. The highest BCUT2D eigenvalue weighted by Crippen LogP contribution is 2.19. The summed E-state index contributed by atoms with van der Waals surface area (Å²) < 4.78 is 0. The summed E-state index contributed by atoms with van der Waals surface area (Å²) in [7, 11) is 0. The fourth-order valence-corrected chi connectivity index (χ4v) is 3.15. The molecule has 10 N–H and O–H groups in total. The molecule has 4 amide bonds. The quantitative estimate of drug-likeness (QED) is 0.162. The van der Waals surface area contributed by atoms with Crippen LogP contribution in [0.25, 0.3) is 10.9 Å². The maximum atomic E-state index is 13.1. The average molecular weight is 476 g/mol. The number of aromatic nitrogens is 1. The number of H-pyrrole nitrogens is 1. The summed E-state index contributed by atoms with van der Waals surface area (Å²) in [4.78, 5) is 63.4. The van der Waals surface area contributed by atoms with E-state index in [0.717, 1.165) is 10.9 Å². The number of rotatable bonds is 12. The van der Waals surface area contributed by atoms with Crippen LogP contribution in [0.2, 0.25) is 0 Å². The molecule has 0 aliphatic heterocycles. The van der Waals surface area contributed by atoms with Gasteiger partial charge >= 0.3 is 5.97 Å². The molecule has 0 saturated heterocycles. The molecule has 184 valence electrons. The van der Waals surface area contributed by atoms with Crippen LogP contribution < -0.4 is 27.4 Å². The fourth-order valence-electron chi connectivity index (χ4n) is 3.15. The van der Waals surface area contributed by atoms with Gasteiger partial charge in [-0.05, 0) is 18.6 Å². The van der Waals surface area contributed by atoms with Crippen molar-refractivity contribution in [1.82, 2.24) is 20.9 Å². The predicted molar refractivity (Wildman–Crippen MR) is 120 cm³/mol. The molecule has 1 heterocycles. The number of carbonyl (C=O) groups excluding carboxylic acids is 4. The first-order valence-electron chi connectivity index (χ1n) is 10.4. The van der Waals surface area contributed by atoms with E-state index in [4.69, 9.17) is 21.7 Å². The smallest absolute Gasteiger partial charge is 0.325 e. The standard InChI is InChI=1S/C21H28N6O7/c1-10(21(33)34)25-19(31)16(7-17(23)29)27-20(32)15(26-18(30)13(22)9-28)6-11-8-24-14-5-3-2-4-12(11)14/h2-5,8,10,13,15-16,24,28H,6-7,9,22H2,1H3,(H2,23,29)(H,25,31)(H,26,30)(H,27,32)(H,33,34). The molecular weight excluding hydrogens is 448 g/mol. The maximum absolute atomic E-state index is 13.1. The number of nitrogens with one attached hydrogen (secondary N) is 4. The zero-order valence-electron chi connectivity index (χ0n) is 18.4. The van der Waals surface area contributed by atoms with Crippen LogP contribution in [0, 0.1) is 0 Å². The summed E-state index contributed by atoms with van der Waals surface area (Å²) in [6.45, 7) is 0.548. The number of benzene rings is 1. The number of carboxylic acid groups (broad SMARTS) is 1. The molecule has 0 aliphatic rings. The lowest BCUT2D eigenvalue weighted by Crippen LogP contribution is -2.58. The van der Waals surface area contributed by atoms with Crippen LogP contribution in [0.5, 0.6) is 0 Å². The third kappa shape index (κ3) is 7.02. The normalized spacial score (nSPS) is 14.4. The predicted octanol–water partition coefficient (Wildman–Crippen LogP) is -2.54. The fraction of sp³-hybridized carbons (Fsp3) is 0.381. The minimum absolute atomic E-state index is 0.0177. The van der Waals surface area contributed by atoms with Crippen molar-refractivity contribution in [3.8, 4) is 0 Å². The number of hydrogen-bond acceptors (Lipinski definition) is 7. The second kappa shape index (κ2) is 11.8. The van der Waals surface area contributed by atoms with Gasteiger partial charge in [-0.1, -0.05) is 18.2 Å². The molecule has 2 aromatic rings. The number of carbonyl (C=O) groups is 5. The van der Waals surface area contributed by atoms with Crippen LogP contribution in [0.15, 0.2) is 30.5 Å². The highest BCUT2D eigenvalue weighted by molar-refractivity contribution is 5.96. The first kappa shape index (κ1) is 26.3. The Morgan fingerprint density at radius 1 is 1.00 bits per heavy atom. The van der Waals surface area contributed by atoms with Gasteiger partial charge in [0.05, 0.1) is 13.0 Å². The molecule has 0 aliphatic carbocycles. The monoisotopic (exact) mass is 476 g/mol. The molecule has 0 fully saturated rings. The molecule has 0 bridgehead atoms. The minimum Gasteiger partial charge on any atom is -0.480 e. The molecule has 13 heteroatoms. The van der Waals surface area contributed by atoms with Crippen molar-refractivity contribution in [2.75, 3.05) is 6.61 Å². The summed E-state index contributed by atoms with van der Waals surface area (Å²) >= 11 is 0. The number of nitrogens with two attached hydrogens (primary N) is 2. The first-order chi connectivity index (χ1) is 16.0. The topological polar surface area (TPSA) is 230 Å². The Morgan fingerprint density at radius 2 is 1.62 bits per heavy atom. The molecule has 13 nitrogen and oxygen atoms in total. The van der Waals surface area contributed by atoms with Crippen molar-refractivity contribution < 1.29 is 34.2 Å². The van der Waals surface area contributed by atoms with Crippen LogP contribution in [0.4, 0.5) is 0 Å². The number of aliphatic hydroxyl groups is 1. The van der Waals surface area contributed by atoms with Crippen LogP contribution >= 0.6 is 0 Å². The van der Waals surface area contributed by atoms with Gasteiger partial charge in [0.15, 0.2) is 0 Å². The highest BCUT2D eigenvalue weighted by atomic mass is 16.4. The number of aliphatic carboxylic acids is 1. The van der Waals surface area contributed by atoms with E-state index in [2.05, 4.69) is 20.9 Å². The van der Waals surface area contributed by atoms with E-state index in [9.17, 15) is 24.0 Å². The van der Waals surface area contributed by atoms with Gasteiger partial charge in [0.25, 0.3) is 0 Å². The molecular formula is C21H28N6O7. The van der Waals surface area contributed by atoms with Crippen molar-refractivity contribution in [3.63, 3.8) is 0 Å². The van der Waals surface area contributed by atoms with Crippen molar-refractivity contribution in [1.29, 1.82) is 0 Å². The van der Waals surface area contributed by atoms with Crippen LogP contribution in [0.1, 0.15) is 18.9 Å². The van der Waals surface area contributed by atoms with Crippen molar-refractivity contribution in [2.45, 2.75) is 43.9 Å². The van der Waals surface area contributed by atoms with E-state index < -0.39 is 66.8 Å². The number of fused-ring (bicyclic) bond motifs is 1. The van der Waals surface area contributed by atoms with Crippen LogP contribution in [-0.2, 0) is 30.4 Å². The van der Waals surface area contributed by atoms with Crippen molar-refractivity contribution in [3.05, 3.63) is 36.0 Å². The Kier molecular flexibility index (Phi) is 9.10. The van der Waals surface area contributed by atoms with E-state index in [1.165, 1.54) is 6.92 Å². The van der Waals surface area contributed by atoms with Crippen LogP contribution in [-0.4, -0.2) is 75.6 Å². The lowest BCUT2D eigenvalue weighted by atomic mass is 10.0. The molecule has 0 radical (unpaired) electrons. The average Bonchev–Trinajstić information content (AvgIpc) is 3.19. The van der Waals surface area contributed by atoms with Crippen molar-refractivity contribution >= 4 is 40.5 Å². The second-order valence-corrected chi connectivity index (χ2v) is 7.71. The van der Waals surface area contributed by atoms with Gasteiger partial charge in [-0.2, -0.15) is 0 Å². The molecule has 1 aromatic heterocycles. The van der Waals surface area contributed by atoms with Gasteiger partial charge in [0.2, 0.25) is 23.6 Å². The molecule has 1 aromatic carbocycles. The molecule has 34 heavy (non-hydrogen) atoms. The van der Waals surface area contributed by atoms with Crippen LogP contribution in [0.3, 0.4) is 0 Å². The van der Waals surface area contributed by atoms with Gasteiger partial charge < -0.3 is 42.6 Å². The maximum Gasteiger partial charge on any atom is 0.325 e. The van der Waals surface area contributed by atoms with Gasteiger partial charge in [0.1, 0.15) is 24.2 Å². The number of primary amides is 1. The lowest BCUT2D eigenvalue weighted by molar-refractivity contribution is -0.142. The number of amides is 4. The summed E-state index contributed by atoms with van der Waals surface area (Å²) in [5.74, 6) is -4.82. The largest absolute Gasteiger partial charge is 0.480 e. The summed E-state index contributed by atoms with van der Waals surface area (Å²) in [6.07, 6.45) is 1.04. The van der Waals surface area contributed by atoms with Gasteiger partial charge in [0, 0.05) is 23.5 Å². The number of hydrogen-bond donors (Lipinski definition) is 8. The SMILES string of the molecule is CC(NC(=O)C(CC(N)=O)NC(=O)C(Cc1c[nH]c2ccccc12)NC(=O)C(N)CO)C(=O)O. The second-order valence-electron chi connectivity index (χ2n) is 7.71.